The van der Waals surface area contributed by atoms with Crippen LogP contribution < -0.4 is 5.32 Å². The van der Waals surface area contributed by atoms with Crippen molar-refractivity contribution in [3.05, 3.63) is 35.4 Å². The fourth-order valence-corrected chi connectivity index (χ4v) is 4.92. The third kappa shape index (κ3) is 2.86. The van der Waals surface area contributed by atoms with E-state index in [1.54, 1.807) is 0 Å². The molecule has 1 saturated carbocycles. The van der Waals surface area contributed by atoms with Gasteiger partial charge >= 0.3 is 0 Å². The summed E-state index contributed by atoms with van der Waals surface area (Å²) < 4.78 is 0. The number of rotatable bonds is 2. The highest BCUT2D eigenvalue weighted by molar-refractivity contribution is 5.80. The zero-order chi connectivity index (χ0) is 15.7. The molecule has 0 radical (unpaired) electrons. The summed E-state index contributed by atoms with van der Waals surface area (Å²) in [5.74, 6) is 1.78. The molecular weight excluding hydrogens is 282 g/mol. The third-order valence-electron chi connectivity index (χ3n) is 6.33. The Bertz CT molecular complexity index is 586. The first-order chi connectivity index (χ1) is 11.3. The summed E-state index contributed by atoms with van der Waals surface area (Å²) >= 11 is 0. The molecule has 1 heterocycles. The monoisotopic (exact) mass is 311 g/mol. The highest BCUT2D eigenvalue weighted by Gasteiger charge is 2.39. The minimum absolute atomic E-state index is 0.596. The number of guanidine groups is 1. The van der Waals surface area contributed by atoms with Crippen LogP contribution in [0.1, 0.15) is 55.6 Å². The van der Waals surface area contributed by atoms with Crippen LogP contribution in [0.3, 0.4) is 0 Å². The molecule has 2 fully saturated rings. The van der Waals surface area contributed by atoms with E-state index in [2.05, 4.69) is 39.5 Å². The van der Waals surface area contributed by atoms with Crippen LogP contribution in [0, 0.1) is 5.41 Å². The highest BCUT2D eigenvalue weighted by Crippen LogP contribution is 2.43. The molecule has 0 aromatic heterocycles. The van der Waals surface area contributed by atoms with E-state index < -0.39 is 0 Å². The Morgan fingerprint density at radius 3 is 2.83 bits per heavy atom. The lowest BCUT2D eigenvalue weighted by molar-refractivity contribution is 0.203. The predicted molar refractivity (Wildman–Crippen MR) is 96.0 cm³/mol. The lowest BCUT2D eigenvalue weighted by Gasteiger charge is -2.34. The average molecular weight is 311 g/mol. The summed E-state index contributed by atoms with van der Waals surface area (Å²) in [4.78, 5) is 7.08. The van der Waals surface area contributed by atoms with Crippen molar-refractivity contribution < 1.29 is 0 Å². The van der Waals surface area contributed by atoms with Gasteiger partial charge in [-0.3, -0.25) is 4.99 Å². The second kappa shape index (κ2) is 6.18. The molecule has 2 aliphatic carbocycles. The van der Waals surface area contributed by atoms with Crippen molar-refractivity contribution in [2.24, 2.45) is 10.4 Å². The van der Waals surface area contributed by atoms with Crippen LogP contribution in [0.2, 0.25) is 0 Å². The van der Waals surface area contributed by atoms with Crippen molar-refractivity contribution in [2.75, 3.05) is 26.7 Å². The number of hydrogen-bond acceptors (Lipinski definition) is 1. The number of nitrogens with one attached hydrogen (secondary N) is 1. The van der Waals surface area contributed by atoms with Gasteiger partial charge in [-0.1, -0.05) is 43.5 Å². The first-order valence-corrected chi connectivity index (χ1v) is 9.33. The standard InChI is InChI=1S/C20H29N3/c1-21-19(22-14-17-13-16-7-3-4-8-18(16)17)23-12-11-20(15-23)9-5-2-6-10-20/h3-4,7-8,17H,2,5-6,9-15H2,1H3,(H,21,22). The van der Waals surface area contributed by atoms with Gasteiger partial charge in [0.25, 0.3) is 0 Å². The molecule has 1 aromatic rings. The minimum Gasteiger partial charge on any atom is -0.356 e. The van der Waals surface area contributed by atoms with Crippen molar-refractivity contribution in [3.8, 4) is 0 Å². The summed E-state index contributed by atoms with van der Waals surface area (Å²) in [6.45, 7) is 3.42. The van der Waals surface area contributed by atoms with Gasteiger partial charge in [0.05, 0.1) is 0 Å². The molecule has 0 bridgehead atoms. The molecule has 3 nitrogen and oxygen atoms in total. The lowest BCUT2D eigenvalue weighted by atomic mass is 9.73. The maximum atomic E-state index is 4.57. The second-order valence-corrected chi connectivity index (χ2v) is 7.76. The van der Waals surface area contributed by atoms with Crippen LogP contribution in [0.25, 0.3) is 0 Å². The smallest absolute Gasteiger partial charge is 0.193 e. The van der Waals surface area contributed by atoms with Gasteiger partial charge in [-0.15, -0.1) is 0 Å². The van der Waals surface area contributed by atoms with E-state index in [1.165, 1.54) is 69.2 Å². The van der Waals surface area contributed by atoms with E-state index in [4.69, 9.17) is 0 Å². The molecule has 1 N–H and O–H groups in total. The summed E-state index contributed by atoms with van der Waals surface area (Å²) in [5.41, 5.74) is 3.65. The molecule has 3 aliphatic rings. The van der Waals surface area contributed by atoms with Gasteiger partial charge in [0, 0.05) is 32.6 Å². The van der Waals surface area contributed by atoms with Gasteiger partial charge in [-0.05, 0) is 42.2 Å². The van der Waals surface area contributed by atoms with Gasteiger partial charge in [-0.25, -0.2) is 0 Å². The number of benzene rings is 1. The lowest BCUT2D eigenvalue weighted by Crippen LogP contribution is -2.44. The van der Waals surface area contributed by atoms with Crippen molar-refractivity contribution in [3.63, 3.8) is 0 Å². The molecule has 1 unspecified atom stereocenters. The number of likely N-dealkylation sites (tertiary alicyclic amines) is 1. The van der Waals surface area contributed by atoms with Crippen LogP contribution in [-0.2, 0) is 6.42 Å². The van der Waals surface area contributed by atoms with Crippen LogP contribution in [0.15, 0.2) is 29.3 Å². The van der Waals surface area contributed by atoms with Gasteiger partial charge in [-0.2, -0.15) is 0 Å². The molecule has 1 aliphatic heterocycles. The van der Waals surface area contributed by atoms with E-state index in [1.807, 2.05) is 7.05 Å². The van der Waals surface area contributed by atoms with Crippen LogP contribution in [0.5, 0.6) is 0 Å². The molecule has 124 valence electrons. The SMILES string of the molecule is CN=C(NCC1Cc2ccccc21)N1CCC2(CCCCC2)C1. The Balaban J connectivity index is 1.34. The summed E-state index contributed by atoms with van der Waals surface area (Å²) in [5, 5.41) is 3.65. The fraction of sp³-hybridized carbons (Fsp3) is 0.650. The predicted octanol–water partition coefficient (Wildman–Crippen LogP) is 3.56. The van der Waals surface area contributed by atoms with Crippen molar-refractivity contribution in [2.45, 2.75) is 50.9 Å². The minimum atomic E-state index is 0.596. The Morgan fingerprint density at radius 2 is 2.04 bits per heavy atom. The largest absolute Gasteiger partial charge is 0.356 e. The Hall–Kier alpha value is -1.51. The molecule has 0 amide bonds. The summed E-state index contributed by atoms with van der Waals surface area (Å²) in [6.07, 6.45) is 9.73. The normalized spacial score (nSPS) is 26.0. The number of fused-ring (bicyclic) bond motifs is 1. The topological polar surface area (TPSA) is 27.6 Å². The van der Waals surface area contributed by atoms with Crippen molar-refractivity contribution >= 4 is 5.96 Å². The Kier molecular flexibility index (Phi) is 4.04. The Labute approximate surface area is 140 Å². The van der Waals surface area contributed by atoms with E-state index in [0.717, 1.165) is 12.5 Å². The molecule has 1 aromatic carbocycles. The number of aliphatic imine (C=N–C) groups is 1. The van der Waals surface area contributed by atoms with Crippen LogP contribution in [-0.4, -0.2) is 37.5 Å². The van der Waals surface area contributed by atoms with Crippen LogP contribution in [0.4, 0.5) is 0 Å². The Morgan fingerprint density at radius 1 is 1.22 bits per heavy atom. The van der Waals surface area contributed by atoms with E-state index in [9.17, 15) is 0 Å². The van der Waals surface area contributed by atoms with E-state index >= 15 is 0 Å². The first-order valence-electron chi connectivity index (χ1n) is 9.33. The zero-order valence-corrected chi connectivity index (χ0v) is 14.4. The molecule has 3 heteroatoms. The zero-order valence-electron chi connectivity index (χ0n) is 14.4. The average Bonchev–Trinajstić information content (AvgIpc) is 2.96. The number of nitrogens with zero attached hydrogens (tertiary/aromatic N) is 2. The summed E-state index contributed by atoms with van der Waals surface area (Å²) in [6, 6.07) is 8.84. The number of hydrogen-bond donors (Lipinski definition) is 1. The second-order valence-electron chi connectivity index (χ2n) is 7.76. The quantitative estimate of drug-likeness (QED) is 0.668. The van der Waals surface area contributed by atoms with E-state index in [0.29, 0.717) is 11.3 Å². The van der Waals surface area contributed by atoms with Gasteiger partial charge in [0.1, 0.15) is 0 Å². The van der Waals surface area contributed by atoms with Crippen LogP contribution >= 0.6 is 0 Å². The molecule has 1 spiro atoms. The van der Waals surface area contributed by atoms with Gasteiger partial charge < -0.3 is 10.2 Å². The van der Waals surface area contributed by atoms with Crippen molar-refractivity contribution in [1.82, 2.24) is 10.2 Å². The van der Waals surface area contributed by atoms with Gasteiger partial charge in [0.15, 0.2) is 5.96 Å². The maximum Gasteiger partial charge on any atom is 0.193 e. The third-order valence-corrected chi connectivity index (χ3v) is 6.33. The highest BCUT2D eigenvalue weighted by atomic mass is 15.3. The summed E-state index contributed by atoms with van der Waals surface area (Å²) in [7, 11) is 1.93. The molecule has 1 saturated heterocycles. The first kappa shape index (κ1) is 15.0. The van der Waals surface area contributed by atoms with Crippen molar-refractivity contribution in [1.29, 1.82) is 0 Å². The molecule has 23 heavy (non-hydrogen) atoms. The fourth-order valence-electron chi connectivity index (χ4n) is 4.92. The van der Waals surface area contributed by atoms with Gasteiger partial charge in [0.2, 0.25) is 0 Å². The maximum absolute atomic E-state index is 4.57. The molecule has 4 rings (SSSR count). The van der Waals surface area contributed by atoms with E-state index in [-0.39, 0.29) is 0 Å². The molecule has 1 atom stereocenters. The molecular formula is C20H29N3.